The minimum atomic E-state index is -0.132. The number of rotatable bonds is 9. The number of ether oxygens (including phenoxy) is 1. The summed E-state index contributed by atoms with van der Waals surface area (Å²) in [5.74, 6) is 1.93. The van der Waals surface area contributed by atoms with Crippen LogP contribution in [0.3, 0.4) is 0 Å². The Morgan fingerprint density at radius 2 is 1.65 bits per heavy atom. The van der Waals surface area contributed by atoms with Crippen LogP contribution < -0.4 is 4.74 Å². The summed E-state index contributed by atoms with van der Waals surface area (Å²) in [6.07, 6.45) is 3.93. The van der Waals surface area contributed by atoms with Crippen LogP contribution in [0.25, 0.3) is 0 Å². The highest BCUT2D eigenvalue weighted by Gasteiger charge is 2.23. The van der Waals surface area contributed by atoms with Crippen molar-refractivity contribution in [1.82, 2.24) is 4.90 Å². The molecule has 4 aromatic rings. The number of carbonyl (C=O) groups excluding carboxylic acids is 1. The molecule has 0 aliphatic rings. The largest absolute Gasteiger partial charge is 0.497 e. The fourth-order valence-electron chi connectivity index (χ4n) is 3.69. The zero-order chi connectivity index (χ0) is 21.5. The average Bonchev–Trinajstić information content (AvgIpc) is 3.54. The van der Waals surface area contributed by atoms with Gasteiger partial charge in [-0.1, -0.05) is 42.5 Å². The van der Waals surface area contributed by atoms with Gasteiger partial charge in [-0.05, 0) is 53.9 Å². The van der Waals surface area contributed by atoms with E-state index in [0.717, 1.165) is 29.1 Å². The molecule has 0 bridgehead atoms. The number of carbonyl (C=O) groups is 1. The standard InChI is InChI=1S/C26H25NO4/c1-29-22-13-11-20(12-14-22)19-27(26(28)25-10-6-18-31-25)16-15-23(24-9-5-17-30-24)21-7-3-2-4-8-21/h2-14,17-18,23H,15-16,19H2,1H3/t23-/m1/s1. The van der Waals surface area contributed by atoms with Gasteiger partial charge in [0.2, 0.25) is 0 Å². The molecule has 2 aromatic carbocycles. The van der Waals surface area contributed by atoms with E-state index in [9.17, 15) is 4.79 Å². The number of methoxy groups -OCH3 is 1. The molecule has 0 saturated heterocycles. The highest BCUT2D eigenvalue weighted by Crippen LogP contribution is 2.29. The number of benzene rings is 2. The van der Waals surface area contributed by atoms with Crippen molar-refractivity contribution in [3.8, 4) is 5.75 Å². The molecule has 0 aliphatic carbocycles. The highest BCUT2D eigenvalue weighted by atomic mass is 16.5. The molecule has 158 valence electrons. The van der Waals surface area contributed by atoms with Gasteiger partial charge in [0.15, 0.2) is 5.76 Å². The molecule has 4 rings (SSSR count). The van der Waals surface area contributed by atoms with Crippen LogP contribution in [0.5, 0.6) is 5.75 Å². The molecule has 5 heteroatoms. The van der Waals surface area contributed by atoms with Crippen molar-refractivity contribution in [2.24, 2.45) is 0 Å². The molecule has 31 heavy (non-hydrogen) atoms. The third kappa shape index (κ3) is 5.07. The summed E-state index contributed by atoms with van der Waals surface area (Å²) in [4.78, 5) is 15.0. The second-order valence-electron chi connectivity index (χ2n) is 7.32. The van der Waals surface area contributed by atoms with Crippen LogP contribution in [0.2, 0.25) is 0 Å². The molecular formula is C26H25NO4. The molecular weight excluding hydrogens is 390 g/mol. The van der Waals surface area contributed by atoms with Crippen molar-refractivity contribution < 1.29 is 18.4 Å². The SMILES string of the molecule is COc1ccc(CN(CC[C@H](c2ccccc2)c2ccco2)C(=O)c2ccco2)cc1. The Morgan fingerprint density at radius 3 is 2.29 bits per heavy atom. The fraction of sp³-hybridized carbons (Fsp3) is 0.192. The van der Waals surface area contributed by atoms with Gasteiger partial charge in [0.05, 0.1) is 19.6 Å². The Labute approximate surface area is 181 Å². The van der Waals surface area contributed by atoms with Crippen LogP contribution in [-0.4, -0.2) is 24.5 Å². The van der Waals surface area contributed by atoms with Gasteiger partial charge in [-0.2, -0.15) is 0 Å². The minimum Gasteiger partial charge on any atom is -0.497 e. The second kappa shape index (κ2) is 9.85. The van der Waals surface area contributed by atoms with Gasteiger partial charge < -0.3 is 18.5 Å². The van der Waals surface area contributed by atoms with Crippen molar-refractivity contribution in [3.63, 3.8) is 0 Å². The lowest BCUT2D eigenvalue weighted by Gasteiger charge is -2.24. The van der Waals surface area contributed by atoms with E-state index in [1.807, 2.05) is 59.5 Å². The summed E-state index contributed by atoms with van der Waals surface area (Å²) in [5, 5.41) is 0. The molecule has 1 amide bonds. The number of hydrogen-bond acceptors (Lipinski definition) is 4. The highest BCUT2D eigenvalue weighted by molar-refractivity contribution is 5.91. The van der Waals surface area contributed by atoms with Gasteiger partial charge in [-0.3, -0.25) is 4.79 Å². The Hall–Kier alpha value is -3.73. The van der Waals surface area contributed by atoms with Crippen LogP contribution >= 0.6 is 0 Å². The molecule has 0 aliphatic heterocycles. The van der Waals surface area contributed by atoms with Crippen molar-refractivity contribution in [3.05, 3.63) is 114 Å². The third-order valence-corrected chi connectivity index (χ3v) is 5.33. The number of nitrogens with zero attached hydrogens (tertiary/aromatic N) is 1. The van der Waals surface area contributed by atoms with Crippen LogP contribution in [0, 0.1) is 0 Å². The first-order chi connectivity index (χ1) is 15.2. The number of hydrogen-bond donors (Lipinski definition) is 0. The summed E-state index contributed by atoms with van der Waals surface area (Å²) < 4.78 is 16.4. The molecule has 0 radical (unpaired) electrons. The lowest BCUT2D eigenvalue weighted by atomic mass is 9.93. The lowest BCUT2D eigenvalue weighted by molar-refractivity contribution is 0.0706. The topological polar surface area (TPSA) is 55.8 Å². The van der Waals surface area contributed by atoms with Gasteiger partial charge >= 0.3 is 0 Å². The van der Waals surface area contributed by atoms with Gasteiger partial charge in [-0.25, -0.2) is 0 Å². The predicted molar refractivity (Wildman–Crippen MR) is 118 cm³/mol. The Morgan fingerprint density at radius 1 is 0.903 bits per heavy atom. The molecule has 0 unspecified atom stereocenters. The lowest BCUT2D eigenvalue weighted by Crippen LogP contribution is -2.32. The summed E-state index contributed by atoms with van der Waals surface area (Å²) in [6, 6.07) is 25.3. The van der Waals surface area contributed by atoms with E-state index in [2.05, 4.69) is 12.1 Å². The van der Waals surface area contributed by atoms with Gasteiger partial charge in [-0.15, -0.1) is 0 Å². The van der Waals surface area contributed by atoms with E-state index < -0.39 is 0 Å². The van der Waals surface area contributed by atoms with E-state index in [-0.39, 0.29) is 11.8 Å². The molecule has 0 N–H and O–H groups in total. The maximum absolute atomic E-state index is 13.2. The normalized spacial score (nSPS) is 11.8. The summed E-state index contributed by atoms with van der Waals surface area (Å²) in [7, 11) is 1.64. The van der Waals surface area contributed by atoms with Crippen molar-refractivity contribution in [2.45, 2.75) is 18.9 Å². The molecule has 0 fully saturated rings. The van der Waals surface area contributed by atoms with Gasteiger partial charge in [0, 0.05) is 19.0 Å². The van der Waals surface area contributed by atoms with Crippen molar-refractivity contribution in [1.29, 1.82) is 0 Å². The quantitative estimate of drug-likeness (QED) is 0.349. The fourth-order valence-corrected chi connectivity index (χ4v) is 3.69. The van der Waals surface area contributed by atoms with Crippen LogP contribution in [0.1, 0.15) is 39.8 Å². The smallest absolute Gasteiger partial charge is 0.289 e. The second-order valence-corrected chi connectivity index (χ2v) is 7.32. The monoisotopic (exact) mass is 415 g/mol. The van der Waals surface area contributed by atoms with E-state index in [1.165, 1.54) is 6.26 Å². The summed E-state index contributed by atoms with van der Waals surface area (Å²) in [5.41, 5.74) is 2.18. The molecule has 2 heterocycles. The summed E-state index contributed by atoms with van der Waals surface area (Å²) in [6.45, 7) is 1.02. The molecule has 0 spiro atoms. The molecule has 1 atom stereocenters. The molecule has 0 saturated carbocycles. The van der Waals surface area contributed by atoms with Gasteiger partial charge in [0.1, 0.15) is 11.5 Å². The van der Waals surface area contributed by atoms with Crippen LogP contribution in [0.15, 0.2) is 100 Å². The zero-order valence-corrected chi connectivity index (χ0v) is 17.4. The maximum atomic E-state index is 13.2. The summed E-state index contributed by atoms with van der Waals surface area (Å²) >= 11 is 0. The van der Waals surface area contributed by atoms with Crippen molar-refractivity contribution >= 4 is 5.91 Å². The Bertz CT molecular complexity index is 1050. The van der Waals surface area contributed by atoms with Crippen LogP contribution in [0.4, 0.5) is 0 Å². The van der Waals surface area contributed by atoms with Crippen LogP contribution in [-0.2, 0) is 6.54 Å². The zero-order valence-electron chi connectivity index (χ0n) is 17.4. The molecule has 5 nitrogen and oxygen atoms in total. The third-order valence-electron chi connectivity index (χ3n) is 5.33. The van der Waals surface area contributed by atoms with E-state index >= 15 is 0 Å². The first-order valence-corrected chi connectivity index (χ1v) is 10.3. The minimum absolute atomic E-state index is 0.0546. The first kappa shape index (κ1) is 20.5. The maximum Gasteiger partial charge on any atom is 0.289 e. The van der Waals surface area contributed by atoms with Crippen molar-refractivity contribution in [2.75, 3.05) is 13.7 Å². The number of amides is 1. The van der Waals surface area contributed by atoms with E-state index in [1.54, 1.807) is 25.5 Å². The predicted octanol–water partition coefficient (Wildman–Crippen LogP) is 5.75. The average molecular weight is 415 g/mol. The number of furan rings is 2. The molecule has 2 aromatic heterocycles. The Kier molecular flexibility index (Phi) is 6.53. The van der Waals surface area contributed by atoms with E-state index in [0.29, 0.717) is 18.8 Å². The first-order valence-electron chi connectivity index (χ1n) is 10.3. The van der Waals surface area contributed by atoms with E-state index in [4.69, 9.17) is 13.6 Å². The van der Waals surface area contributed by atoms with Gasteiger partial charge in [0.25, 0.3) is 5.91 Å². The Balaban J connectivity index is 1.56.